The van der Waals surface area contributed by atoms with Crippen molar-refractivity contribution in [2.75, 3.05) is 5.32 Å². The van der Waals surface area contributed by atoms with Gasteiger partial charge in [-0.1, -0.05) is 34.1 Å². The van der Waals surface area contributed by atoms with E-state index in [9.17, 15) is 4.79 Å². The van der Waals surface area contributed by atoms with Crippen LogP contribution in [0.4, 0.5) is 5.82 Å². The van der Waals surface area contributed by atoms with Crippen molar-refractivity contribution in [2.24, 2.45) is 11.7 Å². The standard InChI is InChI=1S/C12H22N4O/c1-5-8(4)11(13)12(17)14-10-6-9(7(2)3)15-16-10/h6-8,11H,5,13H2,1-4H3,(H2,14,15,16,17)/t8?,11-/m0/s1. The summed E-state index contributed by atoms with van der Waals surface area (Å²) in [4.78, 5) is 11.8. The quantitative estimate of drug-likeness (QED) is 0.732. The van der Waals surface area contributed by atoms with Gasteiger partial charge in [-0.2, -0.15) is 5.10 Å². The summed E-state index contributed by atoms with van der Waals surface area (Å²) in [6.07, 6.45) is 0.881. The average Bonchev–Trinajstić information content (AvgIpc) is 2.75. The maximum Gasteiger partial charge on any atom is 0.242 e. The Kier molecular flexibility index (Phi) is 4.69. The number of nitrogens with one attached hydrogen (secondary N) is 2. The molecule has 5 nitrogen and oxygen atoms in total. The highest BCUT2D eigenvalue weighted by Gasteiger charge is 2.20. The molecule has 1 rings (SSSR count). The molecule has 1 amide bonds. The number of nitrogens with zero attached hydrogens (tertiary/aromatic N) is 1. The number of aromatic nitrogens is 2. The van der Waals surface area contributed by atoms with Crippen LogP contribution in [0.3, 0.4) is 0 Å². The van der Waals surface area contributed by atoms with Crippen molar-refractivity contribution in [3.8, 4) is 0 Å². The zero-order valence-corrected chi connectivity index (χ0v) is 10.9. The molecule has 0 aliphatic carbocycles. The first kappa shape index (κ1) is 13.7. The van der Waals surface area contributed by atoms with Crippen LogP contribution >= 0.6 is 0 Å². The van der Waals surface area contributed by atoms with E-state index in [1.807, 2.05) is 19.9 Å². The largest absolute Gasteiger partial charge is 0.320 e. The van der Waals surface area contributed by atoms with Gasteiger partial charge in [-0.05, 0) is 11.8 Å². The molecule has 0 saturated heterocycles. The van der Waals surface area contributed by atoms with E-state index in [1.165, 1.54) is 0 Å². The number of hydrogen-bond acceptors (Lipinski definition) is 3. The van der Waals surface area contributed by atoms with E-state index in [0.29, 0.717) is 11.7 Å². The lowest BCUT2D eigenvalue weighted by Crippen LogP contribution is -2.40. The molecule has 2 atom stereocenters. The molecule has 0 spiro atoms. The van der Waals surface area contributed by atoms with E-state index in [-0.39, 0.29) is 11.8 Å². The van der Waals surface area contributed by atoms with Crippen molar-refractivity contribution in [1.29, 1.82) is 0 Å². The van der Waals surface area contributed by atoms with Gasteiger partial charge < -0.3 is 11.1 Å². The minimum Gasteiger partial charge on any atom is -0.320 e. The van der Waals surface area contributed by atoms with Gasteiger partial charge in [-0.25, -0.2) is 0 Å². The summed E-state index contributed by atoms with van der Waals surface area (Å²) in [6.45, 7) is 8.10. The van der Waals surface area contributed by atoms with E-state index >= 15 is 0 Å². The van der Waals surface area contributed by atoms with Gasteiger partial charge in [0.25, 0.3) is 0 Å². The summed E-state index contributed by atoms with van der Waals surface area (Å²) in [7, 11) is 0. The predicted molar refractivity (Wildman–Crippen MR) is 68.7 cm³/mol. The molecule has 0 aliphatic heterocycles. The molecule has 1 heterocycles. The SMILES string of the molecule is CCC(C)[C@H](N)C(=O)Nc1cc(C(C)C)[nH]n1. The number of carbonyl (C=O) groups excluding carboxylic acids is 1. The topological polar surface area (TPSA) is 83.8 Å². The Morgan fingerprint density at radius 3 is 2.65 bits per heavy atom. The second-order valence-electron chi connectivity index (χ2n) is 4.76. The number of aromatic amines is 1. The molecular weight excluding hydrogens is 216 g/mol. The Hall–Kier alpha value is -1.36. The Bertz CT molecular complexity index is 372. The third kappa shape index (κ3) is 3.56. The molecule has 0 radical (unpaired) electrons. The average molecular weight is 238 g/mol. The fraction of sp³-hybridized carbons (Fsp3) is 0.667. The summed E-state index contributed by atoms with van der Waals surface area (Å²) < 4.78 is 0. The van der Waals surface area contributed by atoms with Crippen LogP contribution in [0.5, 0.6) is 0 Å². The first-order chi connectivity index (χ1) is 7.95. The molecule has 0 aliphatic rings. The molecular formula is C12H22N4O. The minimum absolute atomic E-state index is 0.165. The van der Waals surface area contributed by atoms with Crippen molar-refractivity contribution >= 4 is 11.7 Å². The number of nitrogens with two attached hydrogens (primary N) is 1. The molecule has 4 N–H and O–H groups in total. The Morgan fingerprint density at radius 1 is 1.53 bits per heavy atom. The second-order valence-corrected chi connectivity index (χ2v) is 4.76. The maximum absolute atomic E-state index is 11.8. The van der Waals surface area contributed by atoms with Crippen molar-refractivity contribution < 1.29 is 4.79 Å². The monoisotopic (exact) mass is 238 g/mol. The molecule has 5 heteroatoms. The molecule has 0 aromatic carbocycles. The summed E-state index contributed by atoms with van der Waals surface area (Å²) >= 11 is 0. The fourth-order valence-electron chi connectivity index (χ4n) is 1.42. The summed E-state index contributed by atoms with van der Waals surface area (Å²) in [5.74, 6) is 0.883. The lowest BCUT2D eigenvalue weighted by atomic mass is 9.99. The molecule has 0 fully saturated rings. The Balaban J connectivity index is 2.61. The highest BCUT2D eigenvalue weighted by Crippen LogP contribution is 2.15. The molecule has 0 saturated carbocycles. The zero-order valence-electron chi connectivity index (χ0n) is 10.9. The number of carbonyl (C=O) groups is 1. The van der Waals surface area contributed by atoms with Crippen LogP contribution in [0.2, 0.25) is 0 Å². The van der Waals surface area contributed by atoms with Crippen LogP contribution in [0.25, 0.3) is 0 Å². The van der Waals surface area contributed by atoms with Gasteiger partial charge in [0, 0.05) is 11.8 Å². The summed E-state index contributed by atoms with van der Waals surface area (Å²) in [6, 6.07) is 1.35. The first-order valence-corrected chi connectivity index (χ1v) is 6.07. The van der Waals surface area contributed by atoms with E-state index in [4.69, 9.17) is 5.73 Å². The molecule has 1 unspecified atom stereocenters. The molecule has 96 valence electrons. The third-order valence-electron chi connectivity index (χ3n) is 3.03. The van der Waals surface area contributed by atoms with Gasteiger partial charge in [0.05, 0.1) is 6.04 Å². The molecule has 17 heavy (non-hydrogen) atoms. The third-order valence-corrected chi connectivity index (χ3v) is 3.03. The van der Waals surface area contributed by atoms with E-state index in [2.05, 4.69) is 29.4 Å². The Morgan fingerprint density at radius 2 is 2.18 bits per heavy atom. The van der Waals surface area contributed by atoms with Crippen LogP contribution in [0.1, 0.15) is 45.7 Å². The van der Waals surface area contributed by atoms with Gasteiger partial charge in [0.15, 0.2) is 5.82 Å². The predicted octanol–water partition coefficient (Wildman–Crippen LogP) is 1.84. The van der Waals surface area contributed by atoms with Gasteiger partial charge >= 0.3 is 0 Å². The highest BCUT2D eigenvalue weighted by atomic mass is 16.2. The van der Waals surface area contributed by atoms with Crippen LogP contribution in [0, 0.1) is 5.92 Å². The van der Waals surface area contributed by atoms with Gasteiger partial charge in [-0.3, -0.25) is 9.89 Å². The maximum atomic E-state index is 11.8. The second kappa shape index (κ2) is 5.82. The summed E-state index contributed by atoms with van der Waals surface area (Å²) in [5.41, 5.74) is 6.83. The number of hydrogen-bond donors (Lipinski definition) is 3. The number of amides is 1. The lowest BCUT2D eigenvalue weighted by molar-refractivity contribution is -0.118. The van der Waals surface area contributed by atoms with Crippen molar-refractivity contribution in [2.45, 2.75) is 46.1 Å². The minimum atomic E-state index is -0.487. The van der Waals surface area contributed by atoms with Crippen molar-refractivity contribution in [3.05, 3.63) is 11.8 Å². The van der Waals surface area contributed by atoms with Crippen LogP contribution in [-0.4, -0.2) is 22.1 Å². The van der Waals surface area contributed by atoms with Crippen LogP contribution in [-0.2, 0) is 4.79 Å². The molecule has 0 bridgehead atoms. The number of H-pyrrole nitrogens is 1. The zero-order chi connectivity index (χ0) is 13.0. The number of anilines is 1. The molecule has 1 aromatic rings. The normalized spacial score (nSPS) is 14.7. The van der Waals surface area contributed by atoms with E-state index < -0.39 is 6.04 Å². The lowest BCUT2D eigenvalue weighted by Gasteiger charge is -2.16. The van der Waals surface area contributed by atoms with Crippen molar-refractivity contribution in [3.63, 3.8) is 0 Å². The Labute approximate surface area is 102 Å². The van der Waals surface area contributed by atoms with Crippen LogP contribution < -0.4 is 11.1 Å². The van der Waals surface area contributed by atoms with Gasteiger partial charge in [0.1, 0.15) is 0 Å². The highest BCUT2D eigenvalue weighted by molar-refractivity contribution is 5.94. The van der Waals surface area contributed by atoms with Crippen LogP contribution in [0.15, 0.2) is 6.07 Å². The van der Waals surface area contributed by atoms with Gasteiger partial charge in [0.2, 0.25) is 5.91 Å². The summed E-state index contributed by atoms with van der Waals surface area (Å²) in [5, 5.41) is 9.65. The number of rotatable bonds is 5. The van der Waals surface area contributed by atoms with Crippen molar-refractivity contribution in [1.82, 2.24) is 10.2 Å². The van der Waals surface area contributed by atoms with E-state index in [0.717, 1.165) is 12.1 Å². The smallest absolute Gasteiger partial charge is 0.242 e. The van der Waals surface area contributed by atoms with E-state index in [1.54, 1.807) is 0 Å². The fourth-order valence-corrected chi connectivity index (χ4v) is 1.42. The first-order valence-electron chi connectivity index (χ1n) is 6.07. The molecule has 1 aromatic heterocycles. The van der Waals surface area contributed by atoms with Gasteiger partial charge in [-0.15, -0.1) is 0 Å².